The molecule has 1 aliphatic rings. The van der Waals surface area contributed by atoms with Crippen molar-refractivity contribution in [1.29, 1.82) is 0 Å². The zero-order valence-electron chi connectivity index (χ0n) is 8.09. The lowest BCUT2D eigenvalue weighted by molar-refractivity contribution is 0.100. The number of hydrogen-bond donors (Lipinski definition) is 3. The molecule has 1 fully saturated rings. The van der Waals surface area contributed by atoms with Crippen LogP contribution in [-0.2, 0) is 0 Å². The van der Waals surface area contributed by atoms with Crippen molar-refractivity contribution in [2.24, 2.45) is 5.73 Å². The van der Waals surface area contributed by atoms with E-state index in [0.29, 0.717) is 16.6 Å². The summed E-state index contributed by atoms with van der Waals surface area (Å²) in [4.78, 5) is 11.0. The maximum absolute atomic E-state index is 11.0. The van der Waals surface area contributed by atoms with Crippen LogP contribution < -0.4 is 16.4 Å². The summed E-state index contributed by atoms with van der Waals surface area (Å²) in [5.74, 6) is -0.504. The van der Waals surface area contributed by atoms with Crippen molar-refractivity contribution in [3.63, 3.8) is 0 Å². The molecule has 2 rings (SSSR count). The lowest BCUT2D eigenvalue weighted by Crippen LogP contribution is -2.51. The molecule has 5 heteroatoms. The monoisotopic (exact) mass is 225 g/mol. The lowest BCUT2D eigenvalue weighted by Gasteiger charge is -2.29. The van der Waals surface area contributed by atoms with Gasteiger partial charge in [0, 0.05) is 18.8 Å². The molecular formula is C10H12ClN3O. The van der Waals surface area contributed by atoms with Gasteiger partial charge in [0.1, 0.15) is 0 Å². The van der Waals surface area contributed by atoms with Crippen molar-refractivity contribution < 1.29 is 4.79 Å². The second-order valence-corrected chi connectivity index (χ2v) is 3.97. The zero-order valence-corrected chi connectivity index (χ0v) is 8.84. The molecule has 0 bridgehead atoms. The van der Waals surface area contributed by atoms with Crippen LogP contribution in [0.2, 0.25) is 5.02 Å². The molecule has 0 saturated carbocycles. The third kappa shape index (κ3) is 2.22. The Labute approximate surface area is 92.8 Å². The Kier molecular flexibility index (Phi) is 2.79. The van der Waals surface area contributed by atoms with E-state index in [1.165, 1.54) is 0 Å². The van der Waals surface area contributed by atoms with E-state index in [-0.39, 0.29) is 0 Å². The Balaban J connectivity index is 2.17. The highest BCUT2D eigenvalue weighted by atomic mass is 35.5. The molecule has 0 atom stereocenters. The van der Waals surface area contributed by atoms with Gasteiger partial charge in [0.05, 0.1) is 16.6 Å². The average molecular weight is 226 g/mol. The van der Waals surface area contributed by atoms with Crippen molar-refractivity contribution in [2.75, 3.05) is 18.4 Å². The van der Waals surface area contributed by atoms with Crippen molar-refractivity contribution in [2.45, 2.75) is 6.04 Å². The topological polar surface area (TPSA) is 67.2 Å². The number of rotatable bonds is 3. The number of carbonyl (C=O) groups excluding carboxylic acids is 1. The molecule has 1 aliphatic heterocycles. The van der Waals surface area contributed by atoms with Crippen LogP contribution in [0.5, 0.6) is 0 Å². The molecule has 4 N–H and O–H groups in total. The summed E-state index contributed by atoms with van der Waals surface area (Å²) in [5, 5.41) is 6.81. The fourth-order valence-corrected chi connectivity index (χ4v) is 1.64. The number of benzene rings is 1. The summed E-state index contributed by atoms with van der Waals surface area (Å²) >= 11 is 5.83. The highest BCUT2D eigenvalue weighted by Gasteiger charge is 2.16. The molecule has 1 amide bonds. The second kappa shape index (κ2) is 4.08. The van der Waals surface area contributed by atoms with Gasteiger partial charge in [0.2, 0.25) is 5.91 Å². The number of halogens is 1. The van der Waals surface area contributed by atoms with Gasteiger partial charge < -0.3 is 16.4 Å². The van der Waals surface area contributed by atoms with E-state index in [1.807, 2.05) is 6.07 Å². The first-order chi connectivity index (χ1) is 7.16. The minimum Gasteiger partial charge on any atom is -0.380 e. The van der Waals surface area contributed by atoms with Gasteiger partial charge in [0.25, 0.3) is 0 Å². The fraction of sp³-hybridized carbons (Fsp3) is 0.300. The summed E-state index contributed by atoms with van der Waals surface area (Å²) in [6.07, 6.45) is 0. The third-order valence-corrected chi connectivity index (χ3v) is 2.71. The number of nitrogens with two attached hydrogens (primary N) is 1. The number of hydrogen-bond acceptors (Lipinski definition) is 3. The Morgan fingerprint density at radius 3 is 2.80 bits per heavy atom. The first-order valence-corrected chi connectivity index (χ1v) is 5.11. The molecule has 0 radical (unpaired) electrons. The molecule has 0 aromatic heterocycles. The van der Waals surface area contributed by atoms with Crippen molar-refractivity contribution in [1.82, 2.24) is 5.32 Å². The highest BCUT2D eigenvalue weighted by molar-refractivity contribution is 6.33. The Morgan fingerprint density at radius 1 is 1.53 bits per heavy atom. The maximum Gasteiger partial charge on any atom is 0.250 e. The molecule has 80 valence electrons. The molecule has 1 saturated heterocycles. The Bertz CT molecular complexity index is 390. The molecule has 0 spiro atoms. The molecule has 1 aromatic rings. The molecule has 1 heterocycles. The standard InChI is InChI=1S/C10H12ClN3O/c11-9-2-1-6(3-8(9)10(12)15)14-7-4-13-5-7/h1-3,7,13-14H,4-5H2,(H2,12,15). The molecule has 0 aliphatic carbocycles. The minimum atomic E-state index is -0.504. The summed E-state index contributed by atoms with van der Waals surface area (Å²) in [6.45, 7) is 1.88. The van der Waals surface area contributed by atoms with Gasteiger partial charge in [0.15, 0.2) is 0 Å². The predicted molar refractivity (Wildman–Crippen MR) is 60.3 cm³/mol. The first kappa shape index (κ1) is 10.3. The van der Waals surface area contributed by atoms with Crippen molar-refractivity contribution >= 4 is 23.2 Å². The second-order valence-electron chi connectivity index (χ2n) is 3.56. The van der Waals surface area contributed by atoms with Crippen LogP contribution in [0.3, 0.4) is 0 Å². The van der Waals surface area contributed by atoms with Crippen LogP contribution >= 0.6 is 11.6 Å². The van der Waals surface area contributed by atoms with E-state index in [0.717, 1.165) is 18.8 Å². The highest BCUT2D eigenvalue weighted by Crippen LogP contribution is 2.20. The normalized spacial score (nSPS) is 15.8. The fourth-order valence-electron chi connectivity index (χ4n) is 1.43. The SMILES string of the molecule is NC(=O)c1cc(NC2CNC2)ccc1Cl. The lowest BCUT2D eigenvalue weighted by atomic mass is 10.1. The van der Waals surface area contributed by atoms with Gasteiger partial charge in [-0.05, 0) is 18.2 Å². The number of amides is 1. The van der Waals surface area contributed by atoms with Gasteiger partial charge >= 0.3 is 0 Å². The number of primary amides is 1. The van der Waals surface area contributed by atoms with Gasteiger partial charge in [-0.15, -0.1) is 0 Å². The smallest absolute Gasteiger partial charge is 0.250 e. The van der Waals surface area contributed by atoms with Crippen LogP contribution in [0.4, 0.5) is 5.69 Å². The van der Waals surface area contributed by atoms with Gasteiger partial charge in [-0.25, -0.2) is 0 Å². The van der Waals surface area contributed by atoms with Crippen LogP contribution in [0.1, 0.15) is 10.4 Å². The number of anilines is 1. The molecule has 1 aromatic carbocycles. The molecular weight excluding hydrogens is 214 g/mol. The molecule has 0 unspecified atom stereocenters. The van der Waals surface area contributed by atoms with Gasteiger partial charge in [-0.3, -0.25) is 4.79 Å². The maximum atomic E-state index is 11.0. The summed E-state index contributed by atoms with van der Waals surface area (Å²) < 4.78 is 0. The Morgan fingerprint density at radius 2 is 2.27 bits per heavy atom. The summed E-state index contributed by atoms with van der Waals surface area (Å²) in [7, 11) is 0. The molecule has 15 heavy (non-hydrogen) atoms. The van der Waals surface area contributed by atoms with Gasteiger partial charge in [-0.1, -0.05) is 11.6 Å². The third-order valence-electron chi connectivity index (χ3n) is 2.38. The predicted octanol–water partition coefficient (Wildman–Crippen LogP) is 0.823. The van der Waals surface area contributed by atoms with E-state index < -0.39 is 5.91 Å². The van der Waals surface area contributed by atoms with E-state index in [1.54, 1.807) is 12.1 Å². The van der Waals surface area contributed by atoms with Crippen LogP contribution in [0, 0.1) is 0 Å². The summed E-state index contributed by atoms with van der Waals surface area (Å²) in [5.41, 5.74) is 6.43. The van der Waals surface area contributed by atoms with E-state index in [2.05, 4.69) is 10.6 Å². The first-order valence-electron chi connectivity index (χ1n) is 4.73. The zero-order chi connectivity index (χ0) is 10.8. The Hall–Kier alpha value is -1.26. The van der Waals surface area contributed by atoms with Crippen LogP contribution in [-0.4, -0.2) is 25.0 Å². The average Bonchev–Trinajstić information content (AvgIpc) is 2.13. The largest absolute Gasteiger partial charge is 0.380 e. The van der Waals surface area contributed by atoms with E-state index >= 15 is 0 Å². The van der Waals surface area contributed by atoms with E-state index in [4.69, 9.17) is 17.3 Å². The number of carbonyl (C=O) groups is 1. The van der Waals surface area contributed by atoms with Crippen molar-refractivity contribution in [3.05, 3.63) is 28.8 Å². The van der Waals surface area contributed by atoms with Crippen LogP contribution in [0.15, 0.2) is 18.2 Å². The summed E-state index contributed by atoms with van der Waals surface area (Å²) in [6, 6.07) is 5.62. The quantitative estimate of drug-likeness (QED) is 0.714. The minimum absolute atomic E-state index is 0.356. The van der Waals surface area contributed by atoms with E-state index in [9.17, 15) is 4.79 Å². The van der Waals surface area contributed by atoms with Crippen molar-refractivity contribution in [3.8, 4) is 0 Å². The van der Waals surface area contributed by atoms with Crippen LogP contribution in [0.25, 0.3) is 0 Å². The van der Waals surface area contributed by atoms with Gasteiger partial charge in [-0.2, -0.15) is 0 Å². The number of nitrogens with one attached hydrogen (secondary N) is 2. The molecule has 4 nitrogen and oxygen atoms in total.